The van der Waals surface area contributed by atoms with E-state index in [4.69, 9.17) is 0 Å². The van der Waals surface area contributed by atoms with E-state index in [1.54, 1.807) is 24.3 Å². The van der Waals surface area contributed by atoms with Crippen LogP contribution in [0, 0.1) is 11.6 Å². The molecule has 0 spiro atoms. The Balaban J connectivity index is 2.11. The van der Waals surface area contributed by atoms with Crippen molar-refractivity contribution in [1.29, 1.82) is 0 Å². The molecule has 1 N–H and O–H groups in total. The predicted molar refractivity (Wildman–Crippen MR) is 78.2 cm³/mol. The van der Waals surface area contributed by atoms with Crippen LogP contribution in [0.5, 0.6) is 0 Å². The summed E-state index contributed by atoms with van der Waals surface area (Å²) in [7, 11) is 0. The highest BCUT2D eigenvalue weighted by Crippen LogP contribution is 2.25. The minimum atomic E-state index is -0.591. The average Bonchev–Trinajstić information content (AvgIpc) is 2.45. The van der Waals surface area contributed by atoms with Gasteiger partial charge in [-0.15, -0.1) is 0 Å². The zero-order valence-corrected chi connectivity index (χ0v) is 12.0. The number of hydrogen-bond acceptors (Lipinski definition) is 1. The van der Waals surface area contributed by atoms with Crippen molar-refractivity contribution in [2.75, 3.05) is 6.54 Å². The first kappa shape index (κ1) is 15.2. The summed E-state index contributed by atoms with van der Waals surface area (Å²) < 4.78 is 27.4. The van der Waals surface area contributed by atoms with E-state index in [1.165, 1.54) is 24.3 Å². The zero-order chi connectivity index (χ0) is 15.5. The molecular formula is C17H17F2NO. The summed E-state index contributed by atoms with van der Waals surface area (Å²) in [6.07, 6.45) is 0. The summed E-state index contributed by atoms with van der Waals surface area (Å²) in [5.74, 6) is -1.39. The summed E-state index contributed by atoms with van der Waals surface area (Å²) in [5, 5.41) is 2.66. The van der Waals surface area contributed by atoms with E-state index in [1.807, 2.05) is 13.8 Å². The Labute approximate surface area is 122 Å². The van der Waals surface area contributed by atoms with Crippen LogP contribution >= 0.6 is 0 Å². The second-order valence-electron chi connectivity index (χ2n) is 5.53. The number of carbonyl (C=O) groups excluding carboxylic acids is 1. The van der Waals surface area contributed by atoms with E-state index in [0.717, 1.165) is 0 Å². The molecule has 2 nitrogen and oxygen atoms in total. The Kier molecular flexibility index (Phi) is 4.36. The molecule has 0 aliphatic carbocycles. The maximum atomic E-state index is 13.8. The fourth-order valence-corrected chi connectivity index (χ4v) is 2.15. The highest BCUT2D eigenvalue weighted by atomic mass is 19.1. The van der Waals surface area contributed by atoms with Crippen molar-refractivity contribution in [2.24, 2.45) is 0 Å². The van der Waals surface area contributed by atoms with Crippen molar-refractivity contribution in [3.8, 4) is 0 Å². The minimum absolute atomic E-state index is 0.0122. The first-order valence-electron chi connectivity index (χ1n) is 6.69. The van der Waals surface area contributed by atoms with Crippen LogP contribution in [0.25, 0.3) is 0 Å². The molecule has 2 rings (SSSR count). The van der Waals surface area contributed by atoms with Crippen LogP contribution in [-0.4, -0.2) is 12.5 Å². The molecule has 0 unspecified atom stereocenters. The molecule has 0 bridgehead atoms. The number of rotatable bonds is 4. The van der Waals surface area contributed by atoms with Gasteiger partial charge in [-0.3, -0.25) is 4.79 Å². The van der Waals surface area contributed by atoms with E-state index < -0.39 is 17.1 Å². The van der Waals surface area contributed by atoms with Crippen LogP contribution in [-0.2, 0) is 5.41 Å². The molecule has 0 saturated heterocycles. The van der Waals surface area contributed by atoms with Crippen LogP contribution in [0.1, 0.15) is 29.8 Å². The number of carbonyl (C=O) groups is 1. The van der Waals surface area contributed by atoms with Crippen molar-refractivity contribution < 1.29 is 13.6 Å². The fraction of sp³-hybridized carbons (Fsp3) is 0.235. The Morgan fingerprint density at radius 2 is 1.57 bits per heavy atom. The smallest absolute Gasteiger partial charge is 0.254 e. The predicted octanol–water partition coefficient (Wildman–Crippen LogP) is 3.67. The van der Waals surface area contributed by atoms with Gasteiger partial charge in [0.1, 0.15) is 11.6 Å². The van der Waals surface area contributed by atoms with Gasteiger partial charge in [-0.2, -0.15) is 0 Å². The lowest BCUT2D eigenvalue weighted by Gasteiger charge is -2.26. The number of nitrogens with one attached hydrogen (secondary N) is 1. The van der Waals surface area contributed by atoms with Crippen molar-refractivity contribution in [2.45, 2.75) is 19.3 Å². The molecule has 0 aliphatic heterocycles. The summed E-state index contributed by atoms with van der Waals surface area (Å²) in [5.41, 5.74) is -0.0904. The van der Waals surface area contributed by atoms with Crippen LogP contribution in [0.4, 0.5) is 8.78 Å². The normalized spacial score (nSPS) is 11.2. The van der Waals surface area contributed by atoms with Gasteiger partial charge in [0.15, 0.2) is 0 Å². The number of halogens is 2. The summed E-state index contributed by atoms with van der Waals surface area (Å²) in [4.78, 5) is 12.0. The highest BCUT2D eigenvalue weighted by Gasteiger charge is 2.25. The monoisotopic (exact) mass is 289 g/mol. The lowest BCUT2D eigenvalue weighted by molar-refractivity contribution is 0.0941. The molecule has 2 aromatic carbocycles. The molecule has 0 aromatic heterocycles. The molecule has 0 saturated carbocycles. The number of hydrogen-bond donors (Lipinski definition) is 1. The summed E-state index contributed by atoms with van der Waals surface area (Å²) in [6.45, 7) is 3.86. The van der Waals surface area contributed by atoms with E-state index in [0.29, 0.717) is 5.56 Å². The average molecular weight is 289 g/mol. The molecule has 0 radical (unpaired) electrons. The Hall–Kier alpha value is -2.23. The standard InChI is InChI=1S/C17H17F2NO/c1-17(2,13-8-4-6-10-15(13)19)11-20-16(21)12-7-3-5-9-14(12)18/h3-10H,11H2,1-2H3,(H,20,21). The molecule has 4 heteroatoms. The molecule has 0 heterocycles. The van der Waals surface area contributed by atoms with Crippen LogP contribution < -0.4 is 5.32 Å². The maximum Gasteiger partial charge on any atom is 0.254 e. The number of amides is 1. The van der Waals surface area contributed by atoms with Crippen molar-refractivity contribution >= 4 is 5.91 Å². The minimum Gasteiger partial charge on any atom is -0.351 e. The van der Waals surface area contributed by atoms with E-state index in [-0.39, 0.29) is 17.9 Å². The largest absolute Gasteiger partial charge is 0.351 e. The molecule has 0 aliphatic rings. The van der Waals surface area contributed by atoms with Crippen molar-refractivity contribution in [1.82, 2.24) is 5.32 Å². The second kappa shape index (κ2) is 6.04. The quantitative estimate of drug-likeness (QED) is 0.914. The van der Waals surface area contributed by atoms with Crippen LogP contribution in [0.15, 0.2) is 48.5 Å². The lowest BCUT2D eigenvalue weighted by atomic mass is 9.84. The van der Waals surface area contributed by atoms with Gasteiger partial charge >= 0.3 is 0 Å². The Bertz CT molecular complexity index is 653. The molecule has 21 heavy (non-hydrogen) atoms. The van der Waals surface area contributed by atoms with E-state index in [2.05, 4.69) is 5.32 Å². The number of benzene rings is 2. The topological polar surface area (TPSA) is 29.1 Å². The fourth-order valence-electron chi connectivity index (χ4n) is 2.15. The third-order valence-corrected chi connectivity index (χ3v) is 3.41. The lowest BCUT2D eigenvalue weighted by Crippen LogP contribution is -2.37. The first-order valence-corrected chi connectivity index (χ1v) is 6.69. The van der Waals surface area contributed by atoms with Crippen molar-refractivity contribution in [3.63, 3.8) is 0 Å². The molecule has 110 valence electrons. The van der Waals surface area contributed by atoms with Gasteiger partial charge in [-0.25, -0.2) is 8.78 Å². The summed E-state index contributed by atoms with van der Waals surface area (Å²) >= 11 is 0. The third-order valence-electron chi connectivity index (χ3n) is 3.41. The molecule has 1 amide bonds. The summed E-state index contributed by atoms with van der Waals surface area (Å²) in [6, 6.07) is 12.2. The molecule has 0 fully saturated rings. The van der Waals surface area contributed by atoms with Gasteiger partial charge < -0.3 is 5.32 Å². The Morgan fingerprint density at radius 1 is 1.00 bits per heavy atom. The van der Waals surface area contributed by atoms with E-state index in [9.17, 15) is 13.6 Å². The van der Waals surface area contributed by atoms with Gasteiger partial charge in [0, 0.05) is 12.0 Å². The van der Waals surface area contributed by atoms with Crippen LogP contribution in [0.2, 0.25) is 0 Å². The molecule has 2 aromatic rings. The van der Waals surface area contributed by atoms with E-state index >= 15 is 0 Å². The third kappa shape index (κ3) is 3.45. The first-order chi connectivity index (χ1) is 9.92. The highest BCUT2D eigenvalue weighted by molar-refractivity contribution is 5.94. The van der Waals surface area contributed by atoms with Gasteiger partial charge in [-0.05, 0) is 23.8 Å². The SMILES string of the molecule is CC(C)(CNC(=O)c1ccccc1F)c1ccccc1F. The van der Waals surface area contributed by atoms with Gasteiger partial charge in [0.2, 0.25) is 0 Å². The second-order valence-corrected chi connectivity index (χ2v) is 5.53. The van der Waals surface area contributed by atoms with Crippen LogP contribution in [0.3, 0.4) is 0 Å². The maximum absolute atomic E-state index is 13.8. The molecular weight excluding hydrogens is 272 g/mol. The van der Waals surface area contributed by atoms with Crippen molar-refractivity contribution in [3.05, 3.63) is 71.3 Å². The molecule has 0 atom stereocenters. The van der Waals surface area contributed by atoms with Gasteiger partial charge in [-0.1, -0.05) is 44.2 Å². The zero-order valence-electron chi connectivity index (χ0n) is 12.0. The van der Waals surface area contributed by atoms with Gasteiger partial charge in [0.25, 0.3) is 5.91 Å². The Morgan fingerprint density at radius 3 is 2.19 bits per heavy atom. The van der Waals surface area contributed by atoms with Gasteiger partial charge in [0.05, 0.1) is 5.56 Å².